The van der Waals surface area contributed by atoms with Gasteiger partial charge in [0.15, 0.2) is 11.0 Å². The van der Waals surface area contributed by atoms with Crippen molar-refractivity contribution in [3.05, 3.63) is 35.8 Å². The fourth-order valence-corrected chi connectivity index (χ4v) is 4.61. The summed E-state index contributed by atoms with van der Waals surface area (Å²) in [6.07, 6.45) is 5.98. The van der Waals surface area contributed by atoms with Crippen molar-refractivity contribution in [2.45, 2.75) is 43.3 Å². The average Bonchev–Trinajstić information content (AvgIpc) is 3.37. The maximum absolute atomic E-state index is 12.2. The van der Waals surface area contributed by atoms with Crippen molar-refractivity contribution in [3.63, 3.8) is 0 Å². The smallest absolute Gasteiger partial charge is 0.236 e. The van der Waals surface area contributed by atoms with Crippen molar-refractivity contribution in [1.29, 1.82) is 0 Å². The standard InChI is InChI=1S/C18H20N6OS2/c25-15(20-17-22-19-12-27-17)11-26-18-23-21-16(13-7-3-1-4-8-13)24(18)14-9-5-2-6-10-14/h1,3-4,7-8,12,14H,2,5-6,9-11H2,(H,20,22,25). The topological polar surface area (TPSA) is 85.6 Å². The van der Waals surface area contributed by atoms with Gasteiger partial charge < -0.3 is 0 Å². The molecule has 0 aliphatic heterocycles. The van der Waals surface area contributed by atoms with Gasteiger partial charge in [0.25, 0.3) is 0 Å². The molecule has 1 aliphatic rings. The molecule has 3 aromatic rings. The van der Waals surface area contributed by atoms with E-state index in [0.717, 1.165) is 29.4 Å². The highest BCUT2D eigenvalue weighted by molar-refractivity contribution is 7.99. The quantitative estimate of drug-likeness (QED) is 0.629. The normalized spacial score (nSPS) is 15.0. The third kappa shape index (κ3) is 4.36. The van der Waals surface area contributed by atoms with Crippen molar-refractivity contribution in [3.8, 4) is 11.4 Å². The third-order valence-corrected chi connectivity index (χ3v) is 6.12. The molecule has 9 heteroatoms. The number of amides is 1. The van der Waals surface area contributed by atoms with E-state index in [9.17, 15) is 4.79 Å². The lowest BCUT2D eigenvalue weighted by Gasteiger charge is -2.25. The van der Waals surface area contributed by atoms with Crippen LogP contribution in [0.3, 0.4) is 0 Å². The number of rotatable bonds is 6. The van der Waals surface area contributed by atoms with Crippen LogP contribution in [0.4, 0.5) is 5.13 Å². The third-order valence-electron chi connectivity index (χ3n) is 4.58. The molecule has 1 fully saturated rings. The van der Waals surface area contributed by atoms with Crippen LogP contribution < -0.4 is 5.32 Å². The molecular weight excluding hydrogens is 380 g/mol. The fourth-order valence-electron chi connectivity index (χ4n) is 3.34. The molecule has 2 heterocycles. The number of thioether (sulfide) groups is 1. The Morgan fingerprint density at radius 3 is 2.70 bits per heavy atom. The molecule has 27 heavy (non-hydrogen) atoms. The molecule has 4 rings (SSSR count). The van der Waals surface area contributed by atoms with E-state index in [4.69, 9.17) is 0 Å². The van der Waals surface area contributed by atoms with E-state index < -0.39 is 0 Å². The van der Waals surface area contributed by atoms with Gasteiger partial charge in [-0.3, -0.25) is 14.7 Å². The maximum Gasteiger partial charge on any atom is 0.236 e. The van der Waals surface area contributed by atoms with Crippen molar-refractivity contribution >= 4 is 34.1 Å². The summed E-state index contributed by atoms with van der Waals surface area (Å²) < 4.78 is 2.23. The first-order valence-electron chi connectivity index (χ1n) is 9.00. The van der Waals surface area contributed by atoms with Gasteiger partial charge in [-0.05, 0) is 12.8 Å². The van der Waals surface area contributed by atoms with Gasteiger partial charge >= 0.3 is 0 Å². The molecule has 1 aliphatic carbocycles. The van der Waals surface area contributed by atoms with Gasteiger partial charge in [0.05, 0.1) is 5.75 Å². The summed E-state index contributed by atoms with van der Waals surface area (Å²) in [4.78, 5) is 12.2. The number of nitrogens with one attached hydrogen (secondary N) is 1. The van der Waals surface area contributed by atoms with Crippen molar-refractivity contribution in [2.75, 3.05) is 11.1 Å². The van der Waals surface area contributed by atoms with Crippen molar-refractivity contribution in [1.82, 2.24) is 25.0 Å². The minimum atomic E-state index is -0.115. The maximum atomic E-state index is 12.2. The summed E-state index contributed by atoms with van der Waals surface area (Å²) in [5.74, 6) is 1.03. The van der Waals surface area contributed by atoms with Gasteiger partial charge in [-0.1, -0.05) is 72.7 Å². The van der Waals surface area contributed by atoms with Gasteiger partial charge in [-0.2, -0.15) is 0 Å². The summed E-state index contributed by atoms with van der Waals surface area (Å²) >= 11 is 2.72. The zero-order valence-corrected chi connectivity index (χ0v) is 16.4. The minimum Gasteiger partial charge on any atom is -0.300 e. The summed E-state index contributed by atoms with van der Waals surface area (Å²) in [7, 11) is 0. The Bertz CT molecular complexity index is 875. The number of aromatic nitrogens is 5. The molecule has 0 saturated heterocycles. The van der Waals surface area contributed by atoms with Crippen LogP contribution >= 0.6 is 23.1 Å². The Balaban J connectivity index is 1.54. The lowest BCUT2D eigenvalue weighted by Crippen LogP contribution is -2.17. The van der Waals surface area contributed by atoms with Crippen molar-refractivity contribution in [2.24, 2.45) is 0 Å². The molecular formula is C18H20N6OS2. The number of nitrogens with zero attached hydrogens (tertiary/aromatic N) is 5. The first-order chi connectivity index (χ1) is 13.3. The van der Waals surface area contributed by atoms with Crippen LogP contribution in [-0.2, 0) is 4.79 Å². The molecule has 0 bridgehead atoms. The second kappa shape index (κ2) is 8.62. The molecule has 140 valence electrons. The fraction of sp³-hybridized carbons (Fsp3) is 0.389. The van der Waals surface area contributed by atoms with Crippen LogP contribution in [0.5, 0.6) is 0 Å². The van der Waals surface area contributed by atoms with E-state index in [-0.39, 0.29) is 11.7 Å². The van der Waals surface area contributed by atoms with E-state index in [2.05, 4.69) is 42.4 Å². The molecule has 0 radical (unpaired) electrons. The van der Waals surface area contributed by atoms with E-state index in [1.807, 2.05) is 18.2 Å². The Labute approximate surface area is 165 Å². The van der Waals surface area contributed by atoms with E-state index in [1.165, 1.54) is 42.4 Å². The second-order valence-corrected chi connectivity index (χ2v) is 8.19. The highest BCUT2D eigenvalue weighted by atomic mass is 32.2. The molecule has 7 nitrogen and oxygen atoms in total. The molecule has 0 spiro atoms. The van der Waals surface area contributed by atoms with Crippen LogP contribution in [-0.4, -0.2) is 36.6 Å². The number of anilines is 1. The first kappa shape index (κ1) is 18.1. The number of benzene rings is 1. The Kier molecular flexibility index (Phi) is 5.78. The van der Waals surface area contributed by atoms with Gasteiger partial charge in [0, 0.05) is 11.6 Å². The van der Waals surface area contributed by atoms with Crippen LogP contribution in [0, 0.1) is 0 Å². The minimum absolute atomic E-state index is 0.115. The number of carbonyl (C=O) groups excluding carboxylic acids is 1. The molecule has 0 unspecified atom stereocenters. The second-order valence-electron chi connectivity index (χ2n) is 6.41. The van der Waals surface area contributed by atoms with Crippen LogP contribution in [0.25, 0.3) is 11.4 Å². The monoisotopic (exact) mass is 400 g/mol. The van der Waals surface area contributed by atoms with Gasteiger partial charge in [0.1, 0.15) is 5.51 Å². The molecule has 1 amide bonds. The predicted octanol–water partition coefficient (Wildman–Crippen LogP) is 4.03. The van der Waals surface area contributed by atoms with Crippen LogP contribution in [0.1, 0.15) is 38.1 Å². The van der Waals surface area contributed by atoms with Gasteiger partial charge in [0.2, 0.25) is 11.0 Å². The number of hydrogen-bond donors (Lipinski definition) is 1. The highest BCUT2D eigenvalue weighted by Gasteiger charge is 2.24. The Morgan fingerprint density at radius 1 is 1.15 bits per heavy atom. The van der Waals surface area contributed by atoms with Gasteiger partial charge in [-0.15, -0.1) is 20.4 Å². The number of hydrogen-bond acceptors (Lipinski definition) is 7. The van der Waals surface area contributed by atoms with E-state index in [1.54, 1.807) is 5.51 Å². The lowest BCUT2D eigenvalue weighted by atomic mass is 9.95. The first-order valence-corrected chi connectivity index (χ1v) is 10.9. The zero-order valence-electron chi connectivity index (χ0n) is 14.7. The zero-order chi connectivity index (χ0) is 18.5. The summed E-state index contributed by atoms with van der Waals surface area (Å²) in [6, 6.07) is 10.5. The summed E-state index contributed by atoms with van der Waals surface area (Å²) in [5, 5.41) is 20.5. The Hall–Kier alpha value is -2.26. The largest absolute Gasteiger partial charge is 0.300 e. The summed E-state index contributed by atoms with van der Waals surface area (Å²) in [6.45, 7) is 0. The summed E-state index contributed by atoms with van der Waals surface area (Å²) in [5.41, 5.74) is 2.65. The Morgan fingerprint density at radius 2 is 1.96 bits per heavy atom. The molecule has 1 saturated carbocycles. The van der Waals surface area contributed by atoms with Gasteiger partial charge in [-0.25, -0.2) is 0 Å². The highest BCUT2D eigenvalue weighted by Crippen LogP contribution is 2.35. The predicted molar refractivity (Wildman–Crippen MR) is 107 cm³/mol. The van der Waals surface area contributed by atoms with Crippen LogP contribution in [0.15, 0.2) is 41.0 Å². The van der Waals surface area contributed by atoms with E-state index in [0.29, 0.717) is 11.2 Å². The SMILES string of the molecule is O=C(CSc1nnc(-c2ccccc2)n1C1CCCCC1)Nc1nncs1. The van der Waals surface area contributed by atoms with Crippen LogP contribution in [0.2, 0.25) is 0 Å². The molecule has 1 aromatic carbocycles. The molecule has 0 atom stereocenters. The molecule has 2 aromatic heterocycles. The molecule has 1 N–H and O–H groups in total. The number of carbonyl (C=O) groups is 1. The lowest BCUT2D eigenvalue weighted by molar-refractivity contribution is -0.113. The van der Waals surface area contributed by atoms with Crippen molar-refractivity contribution < 1.29 is 4.79 Å². The van der Waals surface area contributed by atoms with E-state index >= 15 is 0 Å². The average molecular weight is 401 g/mol.